The van der Waals surface area contributed by atoms with E-state index in [1.165, 1.54) is 19.1 Å². The van der Waals surface area contributed by atoms with Crippen molar-refractivity contribution in [3.63, 3.8) is 0 Å². The first-order valence-electron chi connectivity index (χ1n) is 6.78. The van der Waals surface area contributed by atoms with Gasteiger partial charge in [-0.2, -0.15) is 0 Å². The summed E-state index contributed by atoms with van der Waals surface area (Å²) in [5, 5.41) is 9.47. The maximum absolute atomic E-state index is 11.6. The van der Waals surface area contributed by atoms with Crippen LogP contribution in [0.25, 0.3) is 11.1 Å². The quantitative estimate of drug-likeness (QED) is 0.839. The Morgan fingerprint density at radius 2 is 1.83 bits per heavy atom. The summed E-state index contributed by atoms with van der Waals surface area (Å²) in [6.45, 7) is 1.40. The molecule has 0 radical (unpaired) electrons. The van der Waals surface area contributed by atoms with Crippen molar-refractivity contribution in [2.45, 2.75) is 17.9 Å². The fourth-order valence-electron chi connectivity index (χ4n) is 2.04. The van der Waals surface area contributed by atoms with Gasteiger partial charge >= 0.3 is 5.97 Å². The fraction of sp³-hybridized carbons (Fsp3) is 0.188. The van der Waals surface area contributed by atoms with Crippen LogP contribution in [0, 0.1) is 0 Å². The average molecular weight is 389 g/mol. The SMILES string of the molecule is CC(Oc1ccc(Cl)cc1-c1ccc(S(C)(=O)=O)c(Cl)c1)C(=O)O. The number of halogens is 2. The molecule has 0 spiro atoms. The molecule has 24 heavy (non-hydrogen) atoms. The molecule has 8 heteroatoms. The number of benzene rings is 2. The summed E-state index contributed by atoms with van der Waals surface area (Å²) >= 11 is 12.1. The number of ether oxygens (including phenoxy) is 1. The molecule has 5 nitrogen and oxygen atoms in total. The third-order valence-electron chi connectivity index (χ3n) is 3.24. The first-order valence-corrected chi connectivity index (χ1v) is 9.43. The van der Waals surface area contributed by atoms with Crippen molar-refractivity contribution in [1.82, 2.24) is 0 Å². The van der Waals surface area contributed by atoms with Crippen LogP contribution in [0.3, 0.4) is 0 Å². The highest BCUT2D eigenvalue weighted by atomic mass is 35.5. The molecule has 2 aromatic carbocycles. The third kappa shape index (κ3) is 4.20. The van der Waals surface area contributed by atoms with Gasteiger partial charge in [-0.15, -0.1) is 0 Å². The third-order valence-corrected chi connectivity index (χ3v) is 5.05. The number of aliphatic carboxylic acids is 1. The molecule has 0 aliphatic carbocycles. The van der Waals surface area contributed by atoms with E-state index in [4.69, 9.17) is 33.0 Å². The lowest BCUT2D eigenvalue weighted by molar-refractivity contribution is -0.144. The van der Waals surface area contributed by atoms with Crippen LogP contribution >= 0.6 is 23.2 Å². The van der Waals surface area contributed by atoms with E-state index in [0.717, 1.165) is 6.26 Å². The second-order valence-corrected chi connectivity index (χ2v) is 7.98. The smallest absolute Gasteiger partial charge is 0.344 e. The average Bonchev–Trinajstić information content (AvgIpc) is 2.47. The van der Waals surface area contributed by atoms with Crippen molar-refractivity contribution in [2.24, 2.45) is 0 Å². The molecule has 128 valence electrons. The highest BCUT2D eigenvalue weighted by Crippen LogP contribution is 2.36. The van der Waals surface area contributed by atoms with Gasteiger partial charge < -0.3 is 9.84 Å². The molecule has 0 aromatic heterocycles. The van der Waals surface area contributed by atoms with E-state index in [1.54, 1.807) is 24.3 Å². The van der Waals surface area contributed by atoms with Gasteiger partial charge in [0, 0.05) is 16.8 Å². The molecule has 2 aromatic rings. The van der Waals surface area contributed by atoms with E-state index in [0.29, 0.717) is 21.9 Å². The van der Waals surface area contributed by atoms with Crippen LogP contribution < -0.4 is 4.74 Å². The van der Waals surface area contributed by atoms with Crippen LogP contribution in [0.15, 0.2) is 41.3 Å². The summed E-state index contributed by atoms with van der Waals surface area (Å²) in [6.07, 6.45) is 0.00628. The number of carbonyl (C=O) groups is 1. The summed E-state index contributed by atoms with van der Waals surface area (Å²) in [5.74, 6) is -0.807. The van der Waals surface area contributed by atoms with Gasteiger partial charge in [0.2, 0.25) is 0 Å². The first-order chi connectivity index (χ1) is 11.1. The van der Waals surface area contributed by atoms with Gasteiger partial charge in [-0.05, 0) is 42.8 Å². The van der Waals surface area contributed by atoms with Crippen molar-refractivity contribution in [3.05, 3.63) is 46.4 Å². The predicted octanol–water partition coefficient (Wildman–Crippen LogP) is 3.92. The van der Waals surface area contributed by atoms with Crippen molar-refractivity contribution in [2.75, 3.05) is 6.26 Å². The lowest BCUT2D eigenvalue weighted by Gasteiger charge is -2.15. The van der Waals surface area contributed by atoms with Crippen molar-refractivity contribution < 1.29 is 23.1 Å². The Kier molecular flexibility index (Phi) is 5.42. The van der Waals surface area contributed by atoms with Gasteiger partial charge in [-0.1, -0.05) is 29.3 Å². The van der Waals surface area contributed by atoms with Crippen molar-refractivity contribution in [1.29, 1.82) is 0 Å². The van der Waals surface area contributed by atoms with Gasteiger partial charge in [-0.3, -0.25) is 0 Å². The highest BCUT2D eigenvalue weighted by Gasteiger charge is 2.18. The Balaban J connectivity index is 2.54. The van der Waals surface area contributed by atoms with Gasteiger partial charge in [0.1, 0.15) is 5.75 Å². The van der Waals surface area contributed by atoms with Gasteiger partial charge in [0.15, 0.2) is 15.9 Å². The van der Waals surface area contributed by atoms with Crippen LogP contribution in [0.5, 0.6) is 5.75 Å². The van der Waals surface area contributed by atoms with Crippen LogP contribution in [-0.4, -0.2) is 31.9 Å². The second kappa shape index (κ2) is 7.01. The van der Waals surface area contributed by atoms with E-state index in [1.807, 2.05) is 0 Å². The topological polar surface area (TPSA) is 80.7 Å². The molecule has 1 atom stereocenters. The van der Waals surface area contributed by atoms with Crippen LogP contribution in [-0.2, 0) is 14.6 Å². The number of carboxylic acid groups (broad SMARTS) is 1. The summed E-state index contributed by atoms with van der Waals surface area (Å²) in [5.41, 5.74) is 1.07. The number of sulfone groups is 1. The van der Waals surface area contributed by atoms with Crippen LogP contribution in [0.1, 0.15) is 6.92 Å². The molecular formula is C16H14Cl2O5S. The Bertz CT molecular complexity index is 893. The van der Waals surface area contributed by atoms with Gasteiger partial charge in [0.25, 0.3) is 0 Å². The van der Waals surface area contributed by atoms with E-state index in [9.17, 15) is 13.2 Å². The molecule has 0 aliphatic rings. The Morgan fingerprint density at radius 1 is 1.17 bits per heavy atom. The van der Waals surface area contributed by atoms with Crippen molar-refractivity contribution in [3.8, 4) is 16.9 Å². The monoisotopic (exact) mass is 388 g/mol. The molecule has 1 unspecified atom stereocenters. The van der Waals surface area contributed by atoms with Crippen molar-refractivity contribution >= 4 is 39.0 Å². The largest absolute Gasteiger partial charge is 0.479 e. The summed E-state index contributed by atoms with van der Waals surface area (Å²) in [6, 6.07) is 9.14. The lowest BCUT2D eigenvalue weighted by Crippen LogP contribution is -2.23. The standard InChI is InChI=1S/C16H14Cl2O5S/c1-9(16(19)20)23-14-5-4-11(17)8-12(14)10-3-6-15(13(18)7-10)24(2,21)22/h3-9H,1-2H3,(H,19,20). The number of rotatable bonds is 5. The first kappa shape index (κ1) is 18.6. The molecule has 0 saturated carbocycles. The molecule has 2 rings (SSSR count). The Hall–Kier alpha value is -1.76. The summed E-state index contributed by atoms with van der Waals surface area (Å²) in [4.78, 5) is 11.0. The van der Waals surface area contributed by atoms with Crippen LogP contribution in [0.2, 0.25) is 10.0 Å². The molecule has 0 amide bonds. The molecule has 0 fully saturated rings. The van der Waals surface area contributed by atoms with E-state index in [-0.39, 0.29) is 9.92 Å². The minimum absolute atomic E-state index is 0.0105. The highest BCUT2D eigenvalue weighted by molar-refractivity contribution is 7.90. The zero-order valence-corrected chi connectivity index (χ0v) is 15.1. The summed E-state index contributed by atoms with van der Waals surface area (Å²) < 4.78 is 28.7. The zero-order chi connectivity index (χ0) is 18.1. The molecular weight excluding hydrogens is 375 g/mol. The Morgan fingerprint density at radius 3 is 2.38 bits per heavy atom. The number of hydrogen-bond donors (Lipinski definition) is 1. The minimum Gasteiger partial charge on any atom is -0.479 e. The fourth-order valence-corrected chi connectivity index (χ4v) is 3.54. The maximum atomic E-state index is 11.6. The normalized spacial score (nSPS) is 12.7. The van der Waals surface area contributed by atoms with Gasteiger partial charge in [-0.25, -0.2) is 13.2 Å². The minimum atomic E-state index is -3.45. The van der Waals surface area contributed by atoms with Crippen LogP contribution in [0.4, 0.5) is 0 Å². The second-order valence-electron chi connectivity index (χ2n) is 5.16. The van der Waals surface area contributed by atoms with Gasteiger partial charge in [0.05, 0.1) is 9.92 Å². The molecule has 0 bridgehead atoms. The molecule has 0 aliphatic heterocycles. The predicted molar refractivity (Wildman–Crippen MR) is 92.7 cm³/mol. The Labute approximate surface area is 149 Å². The zero-order valence-electron chi connectivity index (χ0n) is 12.8. The molecule has 1 N–H and O–H groups in total. The molecule has 0 saturated heterocycles. The van der Waals surface area contributed by atoms with E-state index >= 15 is 0 Å². The van der Waals surface area contributed by atoms with E-state index in [2.05, 4.69) is 0 Å². The number of hydrogen-bond acceptors (Lipinski definition) is 4. The lowest BCUT2D eigenvalue weighted by atomic mass is 10.0. The summed E-state index contributed by atoms with van der Waals surface area (Å²) in [7, 11) is -3.45. The number of carboxylic acids is 1. The van der Waals surface area contributed by atoms with E-state index < -0.39 is 21.9 Å². The maximum Gasteiger partial charge on any atom is 0.344 e. The molecule has 0 heterocycles.